The molecule has 9 rings (SSSR count). The third kappa shape index (κ3) is 13.8. The number of fused-ring (bicyclic) bond motifs is 2. The molecule has 13 nitrogen and oxygen atoms in total. The summed E-state index contributed by atoms with van der Waals surface area (Å²) in [7, 11) is 0. The van der Waals surface area contributed by atoms with Crippen LogP contribution < -0.4 is 10.6 Å². The van der Waals surface area contributed by atoms with Crippen LogP contribution in [0.5, 0.6) is 0 Å². The fourth-order valence-electron chi connectivity index (χ4n) is 11.1. The molecule has 2 aromatic carbocycles. The number of ether oxygens (including phenoxy) is 1. The van der Waals surface area contributed by atoms with Crippen molar-refractivity contribution >= 4 is 45.9 Å². The Morgan fingerprint density at radius 3 is 1.30 bits per heavy atom. The van der Waals surface area contributed by atoms with Gasteiger partial charge in [-0.15, -0.1) is 0 Å². The molecule has 2 saturated heterocycles. The summed E-state index contributed by atoms with van der Waals surface area (Å²) in [5.41, 5.74) is 3.62. The summed E-state index contributed by atoms with van der Waals surface area (Å²) in [5, 5.41) is 6.04. The minimum absolute atomic E-state index is 0.00904. The first-order chi connectivity index (χ1) is 34.6. The van der Waals surface area contributed by atoms with Gasteiger partial charge in [0.1, 0.15) is 17.2 Å². The van der Waals surface area contributed by atoms with Gasteiger partial charge in [0.15, 0.2) is 0 Å². The predicted molar refractivity (Wildman–Crippen MR) is 279 cm³/mol. The van der Waals surface area contributed by atoms with Crippen LogP contribution in [0.2, 0.25) is 0 Å². The predicted octanol–water partition coefficient (Wildman–Crippen LogP) is 11.6. The first-order valence-electron chi connectivity index (χ1n) is 27.3. The number of aromatic nitrogens is 4. The van der Waals surface area contributed by atoms with Crippen LogP contribution in [-0.2, 0) is 33.5 Å². The van der Waals surface area contributed by atoms with Gasteiger partial charge in [-0.2, -0.15) is 0 Å². The van der Waals surface area contributed by atoms with Crippen LogP contribution in [0.1, 0.15) is 185 Å². The number of likely N-dealkylation sites (tertiary alicyclic amines) is 2. The first-order valence-corrected chi connectivity index (χ1v) is 27.3. The van der Waals surface area contributed by atoms with Crippen LogP contribution in [0, 0.1) is 17.8 Å². The van der Waals surface area contributed by atoms with Crippen LogP contribution in [0.15, 0.2) is 36.4 Å². The SMILES string of the molecule is CC(C)(C)OC(=O)NC1CCN(C(=O)c2ccc3c(c2)nc(C(C)(C)C)n3CC2CCC(F)(F)CC2)CC1.CC(C)(C)c1nc2cc(C(=O)N3CCC(NC(=O)C4CC4)CC3)ccc2n1CC1CCC(F)(F)CC1. The van der Waals surface area contributed by atoms with Crippen molar-refractivity contribution in [3.05, 3.63) is 59.2 Å². The Balaban J connectivity index is 0.000000197. The minimum Gasteiger partial charge on any atom is -0.444 e. The summed E-state index contributed by atoms with van der Waals surface area (Å²) in [6, 6.07) is 11.5. The van der Waals surface area contributed by atoms with E-state index in [0.717, 1.165) is 59.4 Å². The highest BCUT2D eigenvalue weighted by atomic mass is 19.3. The molecule has 406 valence electrons. The molecular weight excluding hydrogens is 953 g/mol. The van der Waals surface area contributed by atoms with Gasteiger partial charge in [0.2, 0.25) is 17.8 Å². The molecular formula is C57H80F4N8O5. The van der Waals surface area contributed by atoms with E-state index < -0.39 is 23.5 Å². The van der Waals surface area contributed by atoms with E-state index in [2.05, 4.69) is 61.3 Å². The van der Waals surface area contributed by atoms with Crippen molar-refractivity contribution in [1.82, 2.24) is 39.5 Å². The van der Waals surface area contributed by atoms with E-state index in [-0.39, 0.29) is 84.1 Å². The van der Waals surface area contributed by atoms with Gasteiger partial charge in [0.25, 0.3) is 11.8 Å². The van der Waals surface area contributed by atoms with Gasteiger partial charge in [-0.1, -0.05) is 41.5 Å². The van der Waals surface area contributed by atoms with Crippen LogP contribution in [-0.4, -0.2) is 108 Å². The summed E-state index contributed by atoms with van der Waals surface area (Å²) < 4.78 is 64.5. The number of benzene rings is 2. The number of imidazole rings is 2. The van der Waals surface area contributed by atoms with Gasteiger partial charge < -0.3 is 34.3 Å². The van der Waals surface area contributed by atoms with Crippen molar-refractivity contribution in [2.24, 2.45) is 17.8 Å². The van der Waals surface area contributed by atoms with Crippen molar-refractivity contribution in [2.45, 2.75) is 206 Å². The molecule has 2 aliphatic heterocycles. The second-order valence-corrected chi connectivity index (χ2v) is 25.2. The molecule has 2 N–H and O–H groups in total. The largest absolute Gasteiger partial charge is 0.444 e. The third-order valence-electron chi connectivity index (χ3n) is 15.5. The summed E-state index contributed by atoms with van der Waals surface area (Å²) in [6.07, 6.45) is 6.27. The lowest BCUT2D eigenvalue weighted by atomic mass is 9.86. The number of carbonyl (C=O) groups excluding carboxylic acids is 4. The number of carbonyl (C=O) groups is 4. The molecule has 5 aliphatic rings. The molecule has 3 saturated carbocycles. The van der Waals surface area contributed by atoms with Gasteiger partial charge in [-0.3, -0.25) is 14.4 Å². The van der Waals surface area contributed by atoms with Crippen LogP contribution >= 0.6 is 0 Å². The molecule has 0 atom stereocenters. The molecule has 5 fully saturated rings. The molecule has 0 bridgehead atoms. The Labute approximate surface area is 434 Å². The first kappa shape index (κ1) is 55.0. The summed E-state index contributed by atoms with van der Waals surface area (Å²) in [6.45, 7) is 21.8. The number of nitrogens with one attached hydrogen (secondary N) is 2. The molecule has 3 aliphatic carbocycles. The fourth-order valence-corrected chi connectivity index (χ4v) is 11.1. The third-order valence-corrected chi connectivity index (χ3v) is 15.5. The molecule has 0 spiro atoms. The normalized spacial score (nSPS) is 20.6. The Morgan fingerprint density at radius 2 is 0.946 bits per heavy atom. The molecule has 4 amide bonds. The number of alkyl halides is 4. The van der Waals surface area contributed by atoms with E-state index in [1.807, 2.05) is 67.0 Å². The number of halogens is 4. The average molecular weight is 1030 g/mol. The molecule has 4 heterocycles. The molecule has 4 aromatic rings. The Hall–Kier alpha value is -5.22. The van der Waals surface area contributed by atoms with Crippen molar-refractivity contribution in [3.8, 4) is 0 Å². The van der Waals surface area contributed by atoms with Crippen LogP contribution in [0.25, 0.3) is 22.1 Å². The number of piperidine rings is 2. The molecule has 0 unspecified atom stereocenters. The van der Waals surface area contributed by atoms with Gasteiger partial charge in [-0.25, -0.2) is 32.3 Å². The number of alkyl carbamates (subject to hydrolysis) is 1. The van der Waals surface area contributed by atoms with E-state index in [9.17, 15) is 36.7 Å². The summed E-state index contributed by atoms with van der Waals surface area (Å²) in [4.78, 5) is 64.3. The Morgan fingerprint density at radius 1 is 0.568 bits per heavy atom. The van der Waals surface area contributed by atoms with E-state index in [4.69, 9.17) is 14.7 Å². The zero-order valence-corrected chi connectivity index (χ0v) is 45.2. The van der Waals surface area contributed by atoms with Crippen LogP contribution in [0.3, 0.4) is 0 Å². The quantitative estimate of drug-likeness (QED) is 0.159. The lowest BCUT2D eigenvalue weighted by Crippen LogP contribution is -2.47. The highest BCUT2D eigenvalue weighted by molar-refractivity contribution is 5.98. The van der Waals surface area contributed by atoms with Crippen molar-refractivity contribution < 1.29 is 41.5 Å². The van der Waals surface area contributed by atoms with Crippen molar-refractivity contribution in [3.63, 3.8) is 0 Å². The van der Waals surface area contributed by atoms with Gasteiger partial charge in [0, 0.05) is 105 Å². The van der Waals surface area contributed by atoms with Gasteiger partial charge in [0.05, 0.1) is 22.1 Å². The lowest BCUT2D eigenvalue weighted by Gasteiger charge is -2.33. The Kier molecular flexibility index (Phi) is 15.9. The maximum Gasteiger partial charge on any atom is 0.407 e. The molecule has 0 radical (unpaired) electrons. The van der Waals surface area contributed by atoms with E-state index in [0.29, 0.717) is 88.9 Å². The van der Waals surface area contributed by atoms with Gasteiger partial charge in [-0.05, 0) is 133 Å². The topological polar surface area (TPSA) is 144 Å². The van der Waals surface area contributed by atoms with Gasteiger partial charge >= 0.3 is 6.09 Å². The fraction of sp³-hybridized carbons (Fsp3) is 0.684. The van der Waals surface area contributed by atoms with E-state index >= 15 is 0 Å². The van der Waals surface area contributed by atoms with Crippen LogP contribution in [0.4, 0.5) is 22.4 Å². The zero-order valence-electron chi connectivity index (χ0n) is 45.2. The number of nitrogens with zero attached hydrogens (tertiary/aromatic N) is 6. The average Bonchev–Trinajstić information content (AvgIpc) is 4.02. The second-order valence-electron chi connectivity index (χ2n) is 25.2. The lowest BCUT2D eigenvalue weighted by molar-refractivity contribution is -0.123. The minimum atomic E-state index is -2.55. The van der Waals surface area contributed by atoms with Crippen molar-refractivity contribution in [2.75, 3.05) is 26.2 Å². The smallest absolute Gasteiger partial charge is 0.407 e. The number of rotatable bonds is 9. The van der Waals surface area contributed by atoms with E-state index in [1.54, 1.807) is 0 Å². The number of hydrogen-bond acceptors (Lipinski definition) is 7. The highest BCUT2D eigenvalue weighted by Crippen LogP contribution is 2.40. The molecule has 17 heteroatoms. The molecule has 2 aromatic heterocycles. The number of amides is 4. The maximum absolute atomic E-state index is 13.7. The summed E-state index contributed by atoms with van der Waals surface area (Å²) in [5.74, 6) is -2.56. The standard InChI is InChI=1S/C29H42F2N4O3.C28H38F2N4O2/c1-27(2,3)25-33-22-17-20(7-8-23(22)35(25)18-19-9-13-29(30,31)14-10-19)24(36)34-15-11-21(12-16-34)32-26(37)38-28(4,5)6;1-27(2,3)26-32-22-16-20(6-7-23(22)34(26)17-18-8-12-28(29,30)13-9-18)25(36)33-14-10-21(11-15-33)31-24(35)19-4-5-19/h7-8,17,19,21H,9-16,18H2,1-6H3,(H,32,37);6-7,16,18-19,21H,4-5,8-15,17H2,1-3H3,(H,31,35). The zero-order chi connectivity index (χ0) is 53.5. The monoisotopic (exact) mass is 1030 g/mol. The molecule has 74 heavy (non-hydrogen) atoms. The maximum atomic E-state index is 13.7. The summed E-state index contributed by atoms with van der Waals surface area (Å²) >= 11 is 0. The van der Waals surface area contributed by atoms with E-state index in [1.165, 1.54) is 0 Å². The Bertz CT molecular complexity index is 2660. The highest BCUT2D eigenvalue weighted by Gasteiger charge is 2.38. The second kappa shape index (κ2) is 21.4. The number of hydrogen-bond donors (Lipinski definition) is 2. The van der Waals surface area contributed by atoms with Crippen molar-refractivity contribution in [1.29, 1.82) is 0 Å².